The van der Waals surface area contributed by atoms with E-state index in [-0.39, 0.29) is 5.76 Å². The summed E-state index contributed by atoms with van der Waals surface area (Å²) in [6.45, 7) is 7.16. The maximum atomic E-state index is 11.2. The monoisotopic (exact) mass is 239 g/mol. The molecule has 2 atom stereocenters. The van der Waals surface area contributed by atoms with Crippen molar-refractivity contribution in [2.45, 2.75) is 39.8 Å². The van der Waals surface area contributed by atoms with Gasteiger partial charge in [0, 0.05) is 6.04 Å². The Balaban J connectivity index is 2.47. The molecule has 0 aliphatic rings. The van der Waals surface area contributed by atoms with Crippen molar-refractivity contribution in [1.29, 1.82) is 0 Å². The second-order valence-electron chi connectivity index (χ2n) is 4.31. The van der Waals surface area contributed by atoms with E-state index in [1.165, 1.54) is 7.11 Å². The van der Waals surface area contributed by atoms with Crippen LogP contribution < -0.4 is 5.32 Å². The highest BCUT2D eigenvalue weighted by Crippen LogP contribution is 2.11. The van der Waals surface area contributed by atoms with Crippen LogP contribution in [0.3, 0.4) is 0 Å². The molecule has 17 heavy (non-hydrogen) atoms. The molecule has 96 valence electrons. The zero-order chi connectivity index (χ0) is 12.8. The molecule has 0 spiro atoms. The Morgan fingerprint density at radius 2 is 2.18 bits per heavy atom. The summed E-state index contributed by atoms with van der Waals surface area (Å²) in [7, 11) is 1.34. The van der Waals surface area contributed by atoms with Gasteiger partial charge in [0.1, 0.15) is 5.76 Å². The lowest BCUT2D eigenvalue weighted by Gasteiger charge is -2.19. The molecule has 0 aliphatic carbocycles. The number of nitrogens with one attached hydrogen (secondary N) is 1. The Bertz CT molecular complexity index is 359. The number of hydrogen-bond acceptors (Lipinski definition) is 4. The quantitative estimate of drug-likeness (QED) is 0.775. The van der Waals surface area contributed by atoms with Crippen molar-refractivity contribution in [3.8, 4) is 0 Å². The van der Waals surface area contributed by atoms with Gasteiger partial charge in [-0.15, -0.1) is 0 Å². The molecule has 0 amide bonds. The fourth-order valence-corrected chi connectivity index (χ4v) is 1.50. The lowest BCUT2D eigenvalue weighted by atomic mass is 10.0. The van der Waals surface area contributed by atoms with Crippen LogP contribution in [0.2, 0.25) is 0 Å². The first kappa shape index (κ1) is 13.8. The number of rotatable bonds is 6. The van der Waals surface area contributed by atoms with Crippen molar-refractivity contribution >= 4 is 5.97 Å². The molecule has 2 unspecified atom stereocenters. The van der Waals surface area contributed by atoms with E-state index in [0.29, 0.717) is 18.5 Å². The Kier molecular flexibility index (Phi) is 5.22. The standard InChI is InChI=1S/C13H21NO3/c1-5-9(2)10(3)14-8-11-6-7-12(17-11)13(15)16-4/h6-7,9-10,14H,5,8H2,1-4H3. The number of esters is 1. The predicted molar refractivity (Wildman–Crippen MR) is 65.8 cm³/mol. The Morgan fingerprint density at radius 3 is 2.76 bits per heavy atom. The van der Waals surface area contributed by atoms with E-state index in [0.717, 1.165) is 12.2 Å². The molecule has 1 aromatic heterocycles. The van der Waals surface area contributed by atoms with Crippen molar-refractivity contribution < 1.29 is 13.9 Å². The second-order valence-corrected chi connectivity index (χ2v) is 4.31. The minimum Gasteiger partial charge on any atom is -0.463 e. The molecule has 4 heteroatoms. The normalized spacial score (nSPS) is 14.4. The zero-order valence-electron chi connectivity index (χ0n) is 10.9. The molecule has 1 rings (SSSR count). The Hall–Kier alpha value is -1.29. The van der Waals surface area contributed by atoms with Crippen LogP contribution in [0.1, 0.15) is 43.5 Å². The fourth-order valence-electron chi connectivity index (χ4n) is 1.50. The van der Waals surface area contributed by atoms with Gasteiger partial charge in [-0.1, -0.05) is 20.3 Å². The minimum atomic E-state index is -0.439. The highest BCUT2D eigenvalue weighted by atomic mass is 16.5. The fraction of sp³-hybridized carbons (Fsp3) is 0.615. The van der Waals surface area contributed by atoms with Gasteiger partial charge in [-0.05, 0) is 25.0 Å². The van der Waals surface area contributed by atoms with Gasteiger partial charge < -0.3 is 14.5 Å². The van der Waals surface area contributed by atoms with Crippen LogP contribution in [0.4, 0.5) is 0 Å². The van der Waals surface area contributed by atoms with E-state index in [4.69, 9.17) is 4.42 Å². The highest BCUT2D eigenvalue weighted by Gasteiger charge is 2.13. The van der Waals surface area contributed by atoms with Crippen molar-refractivity contribution in [1.82, 2.24) is 5.32 Å². The summed E-state index contributed by atoms with van der Waals surface area (Å²) in [6, 6.07) is 3.85. The first-order valence-corrected chi connectivity index (χ1v) is 5.98. The third-order valence-electron chi connectivity index (χ3n) is 3.14. The molecule has 0 fully saturated rings. The van der Waals surface area contributed by atoms with Gasteiger partial charge in [0.25, 0.3) is 0 Å². The van der Waals surface area contributed by atoms with Crippen LogP contribution in [0.25, 0.3) is 0 Å². The number of ether oxygens (including phenoxy) is 1. The third-order valence-corrected chi connectivity index (χ3v) is 3.14. The summed E-state index contributed by atoms with van der Waals surface area (Å²) in [6.07, 6.45) is 1.14. The van der Waals surface area contributed by atoms with Gasteiger partial charge in [-0.2, -0.15) is 0 Å². The van der Waals surface area contributed by atoms with Crippen molar-refractivity contribution in [2.24, 2.45) is 5.92 Å². The minimum absolute atomic E-state index is 0.250. The van der Waals surface area contributed by atoms with Crippen LogP contribution >= 0.6 is 0 Å². The average Bonchev–Trinajstić information content (AvgIpc) is 2.82. The third kappa shape index (κ3) is 3.89. The van der Waals surface area contributed by atoms with Gasteiger partial charge in [-0.3, -0.25) is 0 Å². The molecule has 0 bridgehead atoms. The van der Waals surface area contributed by atoms with Gasteiger partial charge in [-0.25, -0.2) is 4.79 Å². The van der Waals surface area contributed by atoms with E-state index in [1.54, 1.807) is 12.1 Å². The summed E-state index contributed by atoms with van der Waals surface area (Å²) < 4.78 is 9.94. The van der Waals surface area contributed by atoms with Crippen LogP contribution in [-0.2, 0) is 11.3 Å². The number of carbonyl (C=O) groups excluding carboxylic acids is 1. The van der Waals surface area contributed by atoms with E-state index < -0.39 is 5.97 Å². The molecule has 0 saturated carbocycles. The molecule has 0 aliphatic heterocycles. The number of methoxy groups -OCH3 is 1. The van der Waals surface area contributed by atoms with E-state index >= 15 is 0 Å². The summed E-state index contributed by atoms with van der Waals surface area (Å²) in [5, 5.41) is 3.37. The van der Waals surface area contributed by atoms with E-state index in [2.05, 4.69) is 30.8 Å². The van der Waals surface area contributed by atoms with E-state index in [1.807, 2.05) is 0 Å². The number of carbonyl (C=O) groups is 1. The Labute approximate surface area is 102 Å². The molecule has 1 N–H and O–H groups in total. The second kappa shape index (κ2) is 6.45. The van der Waals surface area contributed by atoms with Crippen molar-refractivity contribution in [3.63, 3.8) is 0 Å². The lowest BCUT2D eigenvalue weighted by molar-refractivity contribution is 0.0562. The van der Waals surface area contributed by atoms with Gasteiger partial charge in [0.05, 0.1) is 13.7 Å². The molecular weight excluding hydrogens is 218 g/mol. The van der Waals surface area contributed by atoms with Crippen molar-refractivity contribution in [3.05, 3.63) is 23.7 Å². The summed E-state index contributed by atoms with van der Waals surface area (Å²) in [5.74, 6) is 1.18. The number of hydrogen-bond donors (Lipinski definition) is 1. The SMILES string of the molecule is CCC(C)C(C)NCc1ccc(C(=O)OC)o1. The molecule has 4 nitrogen and oxygen atoms in total. The largest absolute Gasteiger partial charge is 0.463 e. The molecule has 0 saturated heterocycles. The molecular formula is C13H21NO3. The van der Waals surface area contributed by atoms with Crippen molar-refractivity contribution in [2.75, 3.05) is 7.11 Å². The van der Waals surface area contributed by atoms with E-state index in [9.17, 15) is 4.79 Å². The summed E-state index contributed by atoms with van der Waals surface area (Å²) in [4.78, 5) is 11.2. The molecule has 1 heterocycles. The zero-order valence-corrected chi connectivity index (χ0v) is 10.9. The first-order chi connectivity index (χ1) is 8.08. The molecule has 1 aromatic rings. The lowest BCUT2D eigenvalue weighted by Crippen LogP contribution is -2.31. The predicted octanol–water partition coefficient (Wildman–Crippen LogP) is 2.59. The van der Waals surface area contributed by atoms with Gasteiger partial charge >= 0.3 is 5.97 Å². The average molecular weight is 239 g/mol. The van der Waals surface area contributed by atoms with Crippen LogP contribution in [0.15, 0.2) is 16.5 Å². The maximum Gasteiger partial charge on any atom is 0.373 e. The summed E-state index contributed by atoms with van der Waals surface area (Å²) in [5.41, 5.74) is 0. The van der Waals surface area contributed by atoms with Crippen LogP contribution in [0.5, 0.6) is 0 Å². The first-order valence-electron chi connectivity index (χ1n) is 5.98. The van der Waals surface area contributed by atoms with Gasteiger partial charge in [0.15, 0.2) is 0 Å². The smallest absolute Gasteiger partial charge is 0.373 e. The Morgan fingerprint density at radius 1 is 1.47 bits per heavy atom. The maximum absolute atomic E-state index is 11.2. The van der Waals surface area contributed by atoms with Crippen LogP contribution in [0, 0.1) is 5.92 Å². The topological polar surface area (TPSA) is 51.5 Å². The molecule has 0 aromatic carbocycles. The number of furan rings is 1. The summed E-state index contributed by atoms with van der Waals surface area (Å²) >= 11 is 0. The highest BCUT2D eigenvalue weighted by molar-refractivity contribution is 5.86. The van der Waals surface area contributed by atoms with Gasteiger partial charge in [0.2, 0.25) is 5.76 Å². The molecule has 0 radical (unpaired) electrons. The van der Waals surface area contributed by atoms with Crippen LogP contribution in [-0.4, -0.2) is 19.1 Å².